The van der Waals surface area contributed by atoms with Gasteiger partial charge in [-0.05, 0) is 42.5 Å². The average molecular weight is 455 g/mol. The van der Waals surface area contributed by atoms with Gasteiger partial charge in [0.1, 0.15) is 0 Å². The molecule has 33 heavy (non-hydrogen) atoms. The number of anilines is 4. The summed E-state index contributed by atoms with van der Waals surface area (Å²) >= 11 is 1.34. The van der Waals surface area contributed by atoms with Crippen molar-refractivity contribution in [3.63, 3.8) is 0 Å². The fourth-order valence-corrected chi connectivity index (χ4v) is 4.06. The maximum Gasteiger partial charge on any atom is 0.262 e. The molecule has 0 saturated heterocycles. The zero-order valence-electron chi connectivity index (χ0n) is 18.0. The van der Waals surface area contributed by atoms with Crippen LogP contribution in [0.1, 0.15) is 12.6 Å². The van der Waals surface area contributed by atoms with Gasteiger partial charge >= 0.3 is 0 Å². The highest BCUT2D eigenvalue weighted by Gasteiger charge is 2.17. The molecule has 0 aliphatic carbocycles. The van der Waals surface area contributed by atoms with Crippen molar-refractivity contribution >= 4 is 51.4 Å². The Bertz CT molecular complexity index is 1200. The van der Waals surface area contributed by atoms with Crippen LogP contribution in [-0.4, -0.2) is 16.8 Å². The number of thiazole rings is 1. The van der Waals surface area contributed by atoms with E-state index in [0.717, 1.165) is 17.1 Å². The molecule has 4 rings (SSSR count). The van der Waals surface area contributed by atoms with Crippen LogP contribution in [0.25, 0.3) is 6.08 Å². The Kier molecular flexibility index (Phi) is 6.92. The van der Waals surface area contributed by atoms with Crippen molar-refractivity contribution in [3.8, 4) is 0 Å². The number of rotatable bonds is 7. The maximum atomic E-state index is 12.7. The van der Waals surface area contributed by atoms with E-state index in [-0.39, 0.29) is 11.8 Å². The molecular formula is C26H22N4O2S. The van der Waals surface area contributed by atoms with Gasteiger partial charge in [-0.3, -0.25) is 24.9 Å². The lowest BCUT2D eigenvalue weighted by molar-refractivity contribution is -0.117. The highest BCUT2D eigenvalue weighted by Crippen LogP contribution is 2.29. The van der Waals surface area contributed by atoms with Gasteiger partial charge in [-0.1, -0.05) is 54.6 Å². The van der Waals surface area contributed by atoms with Crippen LogP contribution in [0.3, 0.4) is 0 Å². The van der Waals surface area contributed by atoms with Crippen LogP contribution in [0.4, 0.5) is 22.2 Å². The Labute approximate surface area is 196 Å². The number of carbonyl (C=O) groups is 2. The summed E-state index contributed by atoms with van der Waals surface area (Å²) < 4.78 is 0. The number of hydrogen-bond donors (Lipinski definition) is 1. The van der Waals surface area contributed by atoms with Crippen LogP contribution >= 0.6 is 11.3 Å². The zero-order chi connectivity index (χ0) is 23.0. The summed E-state index contributed by atoms with van der Waals surface area (Å²) in [6, 6.07) is 28.5. The maximum absolute atomic E-state index is 12.7. The summed E-state index contributed by atoms with van der Waals surface area (Å²) in [5.74, 6) is -0.436. The first-order valence-electron chi connectivity index (χ1n) is 10.3. The van der Waals surface area contributed by atoms with E-state index < -0.39 is 0 Å². The van der Waals surface area contributed by atoms with Gasteiger partial charge in [0, 0.05) is 18.4 Å². The normalized spacial score (nSPS) is 10.7. The second kappa shape index (κ2) is 10.4. The minimum Gasteiger partial charge on any atom is -0.274 e. The predicted octanol–water partition coefficient (Wildman–Crippen LogP) is 5.71. The van der Waals surface area contributed by atoms with Crippen LogP contribution < -0.4 is 15.3 Å². The molecule has 4 aromatic rings. The molecule has 3 aromatic carbocycles. The molecule has 7 heteroatoms. The Morgan fingerprint density at radius 3 is 1.85 bits per heavy atom. The standard InChI is InChI=1S/C26H22N4O2S/c1-20(31)29(22-11-5-2-6-12-22)26-27-21(19-33-26)17-18-25(32)28-30(23-13-7-3-8-14-23)24-15-9-4-10-16-24/h2-19H,1H3,(H,28,32). The van der Waals surface area contributed by atoms with E-state index in [0.29, 0.717) is 10.8 Å². The fraction of sp³-hybridized carbons (Fsp3) is 0.0385. The van der Waals surface area contributed by atoms with Crippen molar-refractivity contribution in [3.05, 3.63) is 108 Å². The van der Waals surface area contributed by atoms with Gasteiger partial charge in [0.2, 0.25) is 5.91 Å². The smallest absolute Gasteiger partial charge is 0.262 e. The van der Waals surface area contributed by atoms with E-state index in [1.165, 1.54) is 24.3 Å². The number of benzene rings is 3. The van der Waals surface area contributed by atoms with Crippen molar-refractivity contribution in [2.75, 3.05) is 9.91 Å². The van der Waals surface area contributed by atoms with E-state index >= 15 is 0 Å². The molecule has 0 spiro atoms. The third kappa shape index (κ3) is 5.53. The van der Waals surface area contributed by atoms with E-state index in [1.807, 2.05) is 96.4 Å². The number of amides is 2. The van der Waals surface area contributed by atoms with Crippen molar-refractivity contribution in [1.29, 1.82) is 0 Å². The molecule has 0 aliphatic heterocycles. The average Bonchev–Trinajstić information content (AvgIpc) is 3.31. The van der Waals surface area contributed by atoms with Crippen LogP contribution in [-0.2, 0) is 9.59 Å². The second-order valence-corrected chi connectivity index (χ2v) is 7.90. The Balaban J connectivity index is 1.50. The molecule has 0 aliphatic rings. The lowest BCUT2D eigenvalue weighted by Crippen LogP contribution is -2.37. The van der Waals surface area contributed by atoms with Crippen molar-refractivity contribution in [2.45, 2.75) is 6.92 Å². The van der Waals surface area contributed by atoms with Gasteiger partial charge < -0.3 is 0 Å². The monoisotopic (exact) mass is 454 g/mol. The van der Waals surface area contributed by atoms with Crippen molar-refractivity contribution in [2.24, 2.45) is 0 Å². The summed E-state index contributed by atoms with van der Waals surface area (Å²) in [4.78, 5) is 31.0. The Hall–Kier alpha value is -4.23. The Morgan fingerprint density at radius 2 is 1.33 bits per heavy atom. The van der Waals surface area contributed by atoms with E-state index in [2.05, 4.69) is 10.4 Å². The summed E-state index contributed by atoms with van der Waals surface area (Å²) in [5, 5.41) is 4.08. The summed E-state index contributed by atoms with van der Waals surface area (Å²) in [6.45, 7) is 1.50. The van der Waals surface area contributed by atoms with Crippen molar-refractivity contribution in [1.82, 2.24) is 10.4 Å². The first-order chi connectivity index (χ1) is 16.1. The van der Waals surface area contributed by atoms with E-state index in [1.54, 1.807) is 16.0 Å². The van der Waals surface area contributed by atoms with E-state index in [9.17, 15) is 9.59 Å². The zero-order valence-corrected chi connectivity index (χ0v) is 18.8. The van der Waals surface area contributed by atoms with Gasteiger partial charge in [0.15, 0.2) is 5.13 Å². The molecule has 0 bridgehead atoms. The fourth-order valence-electron chi connectivity index (χ4n) is 3.20. The lowest BCUT2D eigenvalue weighted by atomic mass is 10.2. The number of carbonyl (C=O) groups excluding carboxylic acids is 2. The molecule has 1 aromatic heterocycles. The molecular weight excluding hydrogens is 432 g/mol. The summed E-state index contributed by atoms with van der Waals surface area (Å²) in [5.41, 5.74) is 5.92. The molecule has 0 radical (unpaired) electrons. The first-order valence-corrected chi connectivity index (χ1v) is 11.2. The molecule has 1 heterocycles. The number of hydrogen-bond acceptors (Lipinski definition) is 5. The number of nitrogens with one attached hydrogen (secondary N) is 1. The van der Waals surface area contributed by atoms with Crippen LogP contribution in [0.15, 0.2) is 102 Å². The minimum atomic E-state index is -0.302. The third-order valence-corrected chi connectivity index (χ3v) is 5.53. The molecule has 0 saturated carbocycles. The molecule has 0 atom stereocenters. The highest BCUT2D eigenvalue weighted by atomic mass is 32.1. The SMILES string of the molecule is CC(=O)N(c1ccccc1)c1nc(C=CC(=O)NN(c2ccccc2)c2ccccc2)cs1. The second-order valence-electron chi connectivity index (χ2n) is 7.06. The molecule has 0 fully saturated rings. The highest BCUT2D eigenvalue weighted by molar-refractivity contribution is 7.14. The third-order valence-electron chi connectivity index (χ3n) is 4.69. The van der Waals surface area contributed by atoms with Crippen LogP contribution in [0, 0.1) is 0 Å². The minimum absolute atomic E-state index is 0.134. The van der Waals surface area contributed by atoms with Crippen LogP contribution in [0.2, 0.25) is 0 Å². The number of nitrogens with zero attached hydrogens (tertiary/aromatic N) is 3. The number of aromatic nitrogens is 1. The summed E-state index contributed by atoms with van der Waals surface area (Å²) in [6.07, 6.45) is 3.06. The molecule has 1 N–H and O–H groups in total. The first kappa shape index (κ1) is 22.0. The number of para-hydroxylation sites is 3. The van der Waals surface area contributed by atoms with Crippen molar-refractivity contribution < 1.29 is 9.59 Å². The van der Waals surface area contributed by atoms with Gasteiger partial charge in [0.25, 0.3) is 5.91 Å². The van der Waals surface area contributed by atoms with Gasteiger partial charge in [-0.15, -0.1) is 11.3 Å². The quantitative estimate of drug-likeness (QED) is 0.287. The molecule has 164 valence electrons. The summed E-state index contributed by atoms with van der Waals surface area (Å²) in [7, 11) is 0. The lowest BCUT2D eigenvalue weighted by Gasteiger charge is -2.24. The largest absolute Gasteiger partial charge is 0.274 e. The van der Waals surface area contributed by atoms with Gasteiger partial charge in [-0.2, -0.15) is 0 Å². The predicted molar refractivity (Wildman–Crippen MR) is 134 cm³/mol. The Morgan fingerprint density at radius 1 is 0.818 bits per heavy atom. The number of hydrazine groups is 1. The van der Waals surface area contributed by atoms with E-state index in [4.69, 9.17) is 0 Å². The van der Waals surface area contributed by atoms with Gasteiger partial charge in [0.05, 0.1) is 22.8 Å². The molecule has 6 nitrogen and oxygen atoms in total. The van der Waals surface area contributed by atoms with Gasteiger partial charge in [-0.25, -0.2) is 4.98 Å². The topological polar surface area (TPSA) is 65.5 Å². The van der Waals surface area contributed by atoms with Crippen LogP contribution in [0.5, 0.6) is 0 Å². The molecule has 0 unspecified atom stereocenters. The molecule has 2 amide bonds.